The molecule has 0 aromatic heterocycles. The highest BCUT2D eigenvalue weighted by atomic mass is 79.9. The molecule has 1 amide bonds. The van der Waals surface area contributed by atoms with Gasteiger partial charge in [-0.1, -0.05) is 0 Å². The summed E-state index contributed by atoms with van der Waals surface area (Å²) in [5.74, 6) is -3.32. The Balaban J connectivity index is 0.00000180. The third-order valence-electron chi connectivity index (χ3n) is 2.45. The topological polar surface area (TPSA) is 58.6 Å². The van der Waals surface area contributed by atoms with Crippen molar-refractivity contribution in [2.45, 2.75) is 12.0 Å². The van der Waals surface area contributed by atoms with Gasteiger partial charge in [-0.15, -0.1) is 12.4 Å². The molecule has 1 aliphatic heterocycles. The van der Waals surface area contributed by atoms with E-state index in [1.54, 1.807) is 0 Å². The van der Waals surface area contributed by atoms with Crippen molar-refractivity contribution in [3.05, 3.63) is 26.6 Å². The maximum Gasteiger partial charge on any atom is 0.408 e. The number of phenols is 1. The molecule has 1 aromatic carbocycles. The Morgan fingerprint density at radius 3 is 2.42 bits per heavy atom. The van der Waals surface area contributed by atoms with E-state index in [1.807, 2.05) is 0 Å². The summed E-state index contributed by atoms with van der Waals surface area (Å²) in [7, 11) is 0. The summed E-state index contributed by atoms with van der Waals surface area (Å²) < 4.78 is 32.1. The second-order valence-corrected chi connectivity index (χ2v) is 5.46. The van der Waals surface area contributed by atoms with Gasteiger partial charge in [-0.2, -0.15) is 0 Å². The quantitative estimate of drug-likeness (QED) is 0.723. The van der Waals surface area contributed by atoms with Gasteiger partial charge < -0.3 is 15.2 Å². The number of ether oxygens (including phenoxy) is 1. The van der Waals surface area contributed by atoms with Gasteiger partial charge in [0, 0.05) is 0 Å². The minimum atomic E-state index is -3.22. The van der Waals surface area contributed by atoms with Crippen LogP contribution in [0.5, 0.6) is 5.75 Å². The number of nitrogens with one attached hydrogen (secondary N) is 1. The highest BCUT2D eigenvalue weighted by Crippen LogP contribution is 2.40. The Labute approximate surface area is 130 Å². The number of alkyl halides is 2. The molecule has 1 heterocycles. The summed E-state index contributed by atoms with van der Waals surface area (Å²) in [5, 5.41) is 11.6. The van der Waals surface area contributed by atoms with Crippen molar-refractivity contribution < 1.29 is 23.4 Å². The van der Waals surface area contributed by atoms with Gasteiger partial charge in [0.15, 0.2) is 6.61 Å². The van der Waals surface area contributed by atoms with Crippen LogP contribution in [0.25, 0.3) is 0 Å². The molecule has 19 heavy (non-hydrogen) atoms. The Hall–Kier alpha value is -0.600. The zero-order chi connectivity index (χ0) is 13.5. The maximum atomic E-state index is 13.7. The highest BCUT2D eigenvalue weighted by molar-refractivity contribution is 9.11. The molecule has 106 valence electrons. The molecule has 1 aromatic rings. The lowest BCUT2D eigenvalue weighted by atomic mass is 10.00. The van der Waals surface area contributed by atoms with Crippen LogP contribution in [0.3, 0.4) is 0 Å². The summed E-state index contributed by atoms with van der Waals surface area (Å²) in [5.41, 5.74) is 0.160. The van der Waals surface area contributed by atoms with Gasteiger partial charge in [0.25, 0.3) is 0 Å². The largest absolute Gasteiger partial charge is 0.506 e. The lowest BCUT2D eigenvalue weighted by Gasteiger charge is -2.32. The van der Waals surface area contributed by atoms with Gasteiger partial charge >= 0.3 is 12.0 Å². The maximum absolute atomic E-state index is 13.7. The van der Waals surface area contributed by atoms with Gasteiger partial charge in [0.1, 0.15) is 11.8 Å². The Morgan fingerprint density at radius 2 is 1.89 bits per heavy atom. The van der Waals surface area contributed by atoms with E-state index in [2.05, 4.69) is 41.9 Å². The molecule has 9 heteroatoms. The first-order valence-corrected chi connectivity index (χ1v) is 6.39. The van der Waals surface area contributed by atoms with Crippen LogP contribution in [0, 0.1) is 0 Å². The summed E-state index contributed by atoms with van der Waals surface area (Å²) in [6.07, 6.45) is -0.897. The number of amides is 1. The molecule has 0 radical (unpaired) electrons. The molecule has 2 N–H and O–H groups in total. The molecular weight excluding hydrogens is 415 g/mol. The van der Waals surface area contributed by atoms with E-state index >= 15 is 0 Å². The number of benzene rings is 1. The molecule has 0 unspecified atom stereocenters. The van der Waals surface area contributed by atoms with Crippen molar-refractivity contribution in [2.75, 3.05) is 6.61 Å². The summed E-state index contributed by atoms with van der Waals surface area (Å²) in [6, 6.07) is 1.15. The second kappa shape index (κ2) is 5.80. The standard InChI is InChI=1S/C10H7Br2F2NO3.ClH/c11-5-1-4(2-6(12)7(5)16)8-10(13,14)3-18-9(17)15-8;/h1-2,8,16H,3H2,(H,15,17);1H/t8-;/m1./s1. The minimum absolute atomic E-state index is 0. The van der Waals surface area contributed by atoms with Gasteiger partial charge in [-0.25, -0.2) is 13.6 Å². The average Bonchev–Trinajstić information content (AvgIpc) is 2.28. The van der Waals surface area contributed by atoms with E-state index in [-0.39, 0.29) is 32.7 Å². The molecule has 4 nitrogen and oxygen atoms in total. The first-order valence-electron chi connectivity index (χ1n) is 4.80. The molecule has 1 aliphatic rings. The van der Waals surface area contributed by atoms with E-state index in [4.69, 9.17) is 0 Å². The number of alkyl carbamates (subject to hydrolysis) is 1. The first kappa shape index (κ1) is 16.5. The van der Waals surface area contributed by atoms with Crippen LogP contribution in [0.2, 0.25) is 0 Å². The highest BCUT2D eigenvalue weighted by Gasteiger charge is 2.47. The summed E-state index contributed by atoms with van der Waals surface area (Å²) in [6.45, 7) is -0.973. The fraction of sp³-hybridized carbons (Fsp3) is 0.300. The van der Waals surface area contributed by atoms with Crippen molar-refractivity contribution in [1.29, 1.82) is 0 Å². The number of halogens is 5. The third-order valence-corrected chi connectivity index (χ3v) is 3.66. The molecule has 0 spiro atoms. The van der Waals surface area contributed by atoms with Crippen molar-refractivity contribution in [1.82, 2.24) is 5.32 Å². The second-order valence-electron chi connectivity index (χ2n) is 3.75. The number of cyclic esters (lactones) is 1. The first-order chi connectivity index (χ1) is 8.31. The SMILES string of the molecule is Cl.O=C1N[C@H](c2cc(Br)c(O)c(Br)c2)C(F)(F)CO1. The van der Waals surface area contributed by atoms with E-state index < -0.39 is 24.7 Å². The smallest absolute Gasteiger partial charge is 0.408 e. The molecule has 0 saturated carbocycles. The number of aromatic hydroxyl groups is 1. The summed E-state index contributed by atoms with van der Waals surface area (Å²) in [4.78, 5) is 11.0. The van der Waals surface area contributed by atoms with Gasteiger partial charge in [0.05, 0.1) is 8.95 Å². The number of rotatable bonds is 1. The van der Waals surface area contributed by atoms with Crippen molar-refractivity contribution in [2.24, 2.45) is 0 Å². The molecule has 0 bridgehead atoms. The van der Waals surface area contributed by atoms with Crippen LogP contribution in [0.1, 0.15) is 11.6 Å². The van der Waals surface area contributed by atoms with Crippen LogP contribution in [0.15, 0.2) is 21.1 Å². The van der Waals surface area contributed by atoms with E-state index in [1.165, 1.54) is 12.1 Å². The number of carbonyl (C=O) groups excluding carboxylic acids is 1. The minimum Gasteiger partial charge on any atom is -0.506 e. The van der Waals surface area contributed by atoms with Crippen LogP contribution in [0.4, 0.5) is 13.6 Å². The van der Waals surface area contributed by atoms with Crippen molar-refractivity contribution in [3.8, 4) is 5.75 Å². The van der Waals surface area contributed by atoms with E-state index in [0.717, 1.165) is 0 Å². The monoisotopic (exact) mass is 421 g/mol. The van der Waals surface area contributed by atoms with Crippen molar-refractivity contribution in [3.63, 3.8) is 0 Å². The number of hydrogen-bond donors (Lipinski definition) is 2. The predicted octanol–water partition coefficient (Wildman–Crippen LogP) is 3.76. The van der Waals surface area contributed by atoms with Crippen LogP contribution >= 0.6 is 44.3 Å². The fourth-order valence-electron chi connectivity index (χ4n) is 1.59. The zero-order valence-corrected chi connectivity index (χ0v) is 13.1. The third kappa shape index (κ3) is 3.29. The molecule has 2 rings (SSSR count). The predicted molar refractivity (Wildman–Crippen MR) is 72.9 cm³/mol. The zero-order valence-electron chi connectivity index (χ0n) is 9.12. The van der Waals surface area contributed by atoms with Crippen LogP contribution < -0.4 is 5.32 Å². The normalized spacial score (nSPS) is 21.1. The fourth-order valence-corrected chi connectivity index (χ4v) is 2.81. The van der Waals surface area contributed by atoms with Gasteiger partial charge in [0.2, 0.25) is 0 Å². The van der Waals surface area contributed by atoms with Gasteiger partial charge in [-0.3, -0.25) is 0 Å². The number of carbonyl (C=O) groups is 1. The number of phenolic OH excluding ortho intramolecular Hbond substituents is 1. The molecule has 1 saturated heterocycles. The molecule has 0 aliphatic carbocycles. The lowest BCUT2D eigenvalue weighted by molar-refractivity contribution is -0.104. The van der Waals surface area contributed by atoms with Crippen molar-refractivity contribution >= 4 is 50.4 Å². The molecular formula is C10H8Br2ClF2NO3. The molecule has 1 fully saturated rings. The lowest BCUT2D eigenvalue weighted by Crippen LogP contribution is -2.49. The Morgan fingerprint density at radius 1 is 1.37 bits per heavy atom. The van der Waals surface area contributed by atoms with Crippen LogP contribution in [-0.2, 0) is 4.74 Å². The van der Waals surface area contributed by atoms with E-state index in [9.17, 15) is 18.7 Å². The Bertz CT molecular complexity index is 493. The summed E-state index contributed by atoms with van der Waals surface area (Å²) >= 11 is 6.09. The Kier molecular flexibility index (Phi) is 5.02. The van der Waals surface area contributed by atoms with E-state index in [0.29, 0.717) is 0 Å². The number of hydrogen-bond acceptors (Lipinski definition) is 3. The average molecular weight is 423 g/mol. The van der Waals surface area contributed by atoms with Crippen LogP contribution in [-0.4, -0.2) is 23.7 Å². The molecule has 1 atom stereocenters. The van der Waals surface area contributed by atoms with Gasteiger partial charge in [-0.05, 0) is 49.6 Å².